The normalized spacial score (nSPS) is 11.9. The lowest BCUT2D eigenvalue weighted by molar-refractivity contribution is -0.274. The summed E-state index contributed by atoms with van der Waals surface area (Å²) in [7, 11) is 0. The maximum Gasteiger partial charge on any atom is 0.573 e. The standard InChI is InChI=1S/C21H18F4N4O2/c1-10-3-5-14(22)18-17(10)13(11(2)27-18)7-8-26-20(30)19-28-15-6-4-12(9-16(15)29-19)31-21(23,24)25/h3-6,9,27H,7-8H2,1-2H3,(H,26,30)(H,28,29). The van der Waals surface area contributed by atoms with Crippen molar-refractivity contribution in [3.63, 3.8) is 0 Å². The number of H-pyrrole nitrogens is 2. The predicted octanol–water partition coefficient (Wildman–Crippen LogP) is 4.67. The number of imidazole rings is 1. The fraction of sp³-hybridized carbons (Fsp3) is 0.238. The quantitative estimate of drug-likeness (QED) is 0.399. The van der Waals surface area contributed by atoms with Crippen LogP contribution in [0.2, 0.25) is 0 Å². The number of fused-ring (bicyclic) bond motifs is 2. The lowest BCUT2D eigenvalue weighted by atomic mass is 10.0. The highest BCUT2D eigenvalue weighted by Gasteiger charge is 2.31. The number of amides is 1. The minimum absolute atomic E-state index is 0.0305. The Morgan fingerprint density at radius 3 is 2.68 bits per heavy atom. The first-order chi connectivity index (χ1) is 14.6. The molecule has 0 bridgehead atoms. The van der Waals surface area contributed by atoms with Gasteiger partial charge in [-0.15, -0.1) is 13.2 Å². The van der Waals surface area contributed by atoms with E-state index >= 15 is 0 Å². The maximum absolute atomic E-state index is 14.1. The number of rotatable bonds is 5. The van der Waals surface area contributed by atoms with E-state index in [0.717, 1.165) is 34.3 Å². The van der Waals surface area contributed by atoms with Crippen LogP contribution in [0.15, 0.2) is 30.3 Å². The lowest BCUT2D eigenvalue weighted by Gasteiger charge is -2.07. The van der Waals surface area contributed by atoms with Crippen molar-refractivity contribution in [2.45, 2.75) is 26.6 Å². The molecule has 2 heterocycles. The van der Waals surface area contributed by atoms with E-state index in [4.69, 9.17) is 0 Å². The second-order valence-electron chi connectivity index (χ2n) is 7.16. The van der Waals surface area contributed by atoms with Gasteiger partial charge in [-0.05, 0) is 49.6 Å². The molecule has 31 heavy (non-hydrogen) atoms. The molecule has 6 nitrogen and oxygen atoms in total. The van der Waals surface area contributed by atoms with Gasteiger partial charge >= 0.3 is 6.36 Å². The van der Waals surface area contributed by atoms with Gasteiger partial charge in [0.2, 0.25) is 0 Å². The zero-order valence-electron chi connectivity index (χ0n) is 16.6. The highest BCUT2D eigenvalue weighted by Crippen LogP contribution is 2.28. The topological polar surface area (TPSA) is 82.8 Å². The summed E-state index contributed by atoms with van der Waals surface area (Å²) in [5.41, 5.74) is 3.66. The summed E-state index contributed by atoms with van der Waals surface area (Å²) < 4.78 is 55.0. The van der Waals surface area contributed by atoms with Crippen molar-refractivity contribution in [3.05, 3.63) is 58.8 Å². The largest absolute Gasteiger partial charge is 0.573 e. The Kier molecular flexibility index (Phi) is 5.08. The van der Waals surface area contributed by atoms with Crippen LogP contribution in [-0.4, -0.2) is 33.8 Å². The highest BCUT2D eigenvalue weighted by atomic mass is 19.4. The molecular formula is C21H18F4N4O2. The number of halogens is 4. The predicted molar refractivity (Wildman–Crippen MR) is 107 cm³/mol. The van der Waals surface area contributed by atoms with Crippen LogP contribution in [0.3, 0.4) is 0 Å². The summed E-state index contributed by atoms with van der Waals surface area (Å²) in [6.07, 6.45) is -4.35. The number of nitrogens with one attached hydrogen (secondary N) is 3. The Morgan fingerprint density at radius 2 is 1.94 bits per heavy atom. The van der Waals surface area contributed by atoms with Crippen LogP contribution in [0.4, 0.5) is 17.6 Å². The number of nitrogens with zero attached hydrogens (tertiary/aromatic N) is 1. The van der Waals surface area contributed by atoms with Crippen molar-refractivity contribution >= 4 is 27.8 Å². The van der Waals surface area contributed by atoms with Gasteiger partial charge in [0.05, 0.1) is 16.6 Å². The number of ether oxygens (including phenoxy) is 1. The monoisotopic (exact) mass is 434 g/mol. The molecule has 2 aromatic heterocycles. The van der Waals surface area contributed by atoms with E-state index in [1.807, 2.05) is 13.8 Å². The minimum Gasteiger partial charge on any atom is -0.406 e. The molecule has 0 radical (unpaired) electrons. The number of hydrogen-bond acceptors (Lipinski definition) is 3. The van der Waals surface area contributed by atoms with Crippen molar-refractivity contribution in [1.29, 1.82) is 0 Å². The summed E-state index contributed by atoms with van der Waals surface area (Å²) in [5, 5.41) is 3.52. The first-order valence-corrected chi connectivity index (χ1v) is 9.42. The number of aromatic nitrogens is 3. The van der Waals surface area contributed by atoms with E-state index in [2.05, 4.69) is 25.0 Å². The molecule has 0 atom stereocenters. The summed E-state index contributed by atoms with van der Waals surface area (Å²) in [6.45, 7) is 4.00. The molecule has 0 aliphatic heterocycles. The number of aromatic amines is 2. The molecular weight excluding hydrogens is 416 g/mol. The third-order valence-electron chi connectivity index (χ3n) is 4.99. The average molecular weight is 434 g/mol. The van der Waals surface area contributed by atoms with Gasteiger partial charge in [-0.1, -0.05) is 6.07 Å². The van der Waals surface area contributed by atoms with Gasteiger partial charge in [0.25, 0.3) is 5.91 Å². The van der Waals surface area contributed by atoms with Gasteiger partial charge in [0, 0.05) is 23.7 Å². The number of carbonyl (C=O) groups is 1. The average Bonchev–Trinajstić information content (AvgIpc) is 3.25. The Balaban J connectivity index is 1.47. The lowest BCUT2D eigenvalue weighted by Crippen LogP contribution is -2.26. The number of benzene rings is 2. The van der Waals surface area contributed by atoms with Crippen LogP contribution in [0.5, 0.6) is 5.75 Å². The molecule has 0 spiro atoms. The smallest absolute Gasteiger partial charge is 0.406 e. The molecule has 1 amide bonds. The second kappa shape index (κ2) is 7.60. The molecule has 0 saturated heterocycles. The maximum atomic E-state index is 14.1. The molecule has 162 valence electrons. The fourth-order valence-corrected chi connectivity index (χ4v) is 3.63. The summed E-state index contributed by atoms with van der Waals surface area (Å²) in [5.74, 6) is -1.28. The number of alkyl halides is 3. The number of aryl methyl sites for hydroxylation is 2. The highest BCUT2D eigenvalue weighted by molar-refractivity contribution is 5.94. The second-order valence-corrected chi connectivity index (χ2v) is 7.16. The summed E-state index contributed by atoms with van der Waals surface area (Å²) in [4.78, 5) is 22.3. The number of carbonyl (C=O) groups excluding carboxylic acids is 1. The van der Waals surface area contributed by atoms with Crippen LogP contribution >= 0.6 is 0 Å². The van der Waals surface area contributed by atoms with Crippen LogP contribution in [0, 0.1) is 19.7 Å². The molecule has 0 aliphatic carbocycles. The van der Waals surface area contributed by atoms with Crippen molar-refractivity contribution in [2.75, 3.05) is 6.54 Å². The molecule has 10 heteroatoms. The first-order valence-electron chi connectivity index (χ1n) is 9.42. The van der Waals surface area contributed by atoms with Crippen LogP contribution in [-0.2, 0) is 6.42 Å². The van der Waals surface area contributed by atoms with Crippen molar-refractivity contribution in [1.82, 2.24) is 20.3 Å². The van der Waals surface area contributed by atoms with E-state index < -0.39 is 18.0 Å². The molecule has 0 fully saturated rings. The van der Waals surface area contributed by atoms with E-state index in [9.17, 15) is 22.4 Å². The number of hydrogen-bond donors (Lipinski definition) is 3. The fourth-order valence-electron chi connectivity index (χ4n) is 3.63. The Morgan fingerprint density at radius 1 is 1.16 bits per heavy atom. The zero-order valence-corrected chi connectivity index (χ0v) is 16.6. The van der Waals surface area contributed by atoms with Crippen LogP contribution in [0.25, 0.3) is 21.9 Å². The third-order valence-corrected chi connectivity index (χ3v) is 4.99. The molecule has 0 unspecified atom stereocenters. The van der Waals surface area contributed by atoms with Crippen molar-refractivity contribution in [3.8, 4) is 5.75 Å². The zero-order chi connectivity index (χ0) is 22.3. The Bertz CT molecular complexity index is 1290. The van der Waals surface area contributed by atoms with Gasteiger partial charge in [0.1, 0.15) is 11.6 Å². The van der Waals surface area contributed by atoms with E-state index in [1.54, 1.807) is 6.07 Å². The van der Waals surface area contributed by atoms with Crippen molar-refractivity contribution < 1.29 is 27.1 Å². The summed E-state index contributed by atoms with van der Waals surface area (Å²) in [6, 6.07) is 6.69. The Hall–Kier alpha value is -3.56. The van der Waals surface area contributed by atoms with Crippen LogP contribution < -0.4 is 10.1 Å². The van der Waals surface area contributed by atoms with Gasteiger partial charge in [-0.25, -0.2) is 9.37 Å². The molecule has 0 aliphatic rings. The molecule has 2 aromatic carbocycles. The van der Waals surface area contributed by atoms with E-state index in [-0.39, 0.29) is 23.7 Å². The van der Waals surface area contributed by atoms with Gasteiger partial charge < -0.3 is 20.0 Å². The van der Waals surface area contributed by atoms with Crippen molar-refractivity contribution in [2.24, 2.45) is 0 Å². The van der Waals surface area contributed by atoms with Gasteiger partial charge in [-0.3, -0.25) is 4.79 Å². The minimum atomic E-state index is -4.81. The third kappa shape index (κ3) is 4.18. The van der Waals surface area contributed by atoms with Gasteiger partial charge in [0.15, 0.2) is 5.82 Å². The molecule has 0 saturated carbocycles. The van der Waals surface area contributed by atoms with Gasteiger partial charge in [-0.2, -0.15) is 0 Å². The van der Waals surface area contributed by atoms with Crippen LogP contribution in [0.1, 0.15) is 27.4 Å². The summed E-state index contributed by atoms with van der Waals surface area (Å²) >= 11 is 0. The molecule has 4 rings (SSSR count). The van der Waals surface area contributed by atoms with E-state index in [0.29, 0.717) is 17.5 Å². The molecule has 3 N–H and O–H groups in total. The van der Waals surface area contributed by atoms with E-state index in [1.165, 1.54) is 12.1 Å². The molecule has 4 aromatic rings. The Labute approximate surface area is 173 Å². The SMILES string of the molecule is Cc1[nH]c2c(F)ccc(C)c2c1CCNC(=O)c1nc2ccc(OC(F)(F)F)cc2[nH]1. The first kappa shape index (κ1) is 20.7.